The summed E-state index contributed by atoms with van der Waals surface area (Å²) >= 11 is 0. The fourth-order valence-electron chi connectivity index (χ4n) is 4.20. The van der Waals surface area contributed by atoms with Crippen LogP contribution in [0.1, 0.15) is 69.5 Å². The molecule has 2 saturated heterocycles. The Hall–Kier alpha value is -1.43. The van der Waals surface area contributed by atoms with E-state index in [2.05, 4.69) is 19.9 Å². The first-order valence-electron chi connectivity index (χ1n) is 9.12. The molecule has 4 rings (SSSR count). The summed E-state index contributed by atoms with van der Waals surface area (Å²) in [5.41, 5.74) is 0. The van der Waals surface area contributed by atoms with E-state index in [9.17, 15) is 4.79 Å². The summed E-state index contributed by atoms with van der Waals surface area (Å²) in [5.74, 6) is 2.46. The van der Waals surface area contributed by atoms with E-state index in [0.717, 1.165) is 44.2 Å². The number of rotatable bonds is 5. The molecule has 0 spiro atoms. The highest BCUT2D eigenvalue weighted by Crippen LogP contribution is 2.38. The van der Waals surface area contributed by atoms with Crippen LogP contribution in [0, 0.1) is 0 Å². The fraction of sp³-hybridized carbons (Fsp3) is 0.824. The lowest BCUT2D eigenvalue weighted by Gasteiger charge is -2.34. The van der Waals surface area contributed by atoms with Gasteiger partial charge in [-0.25, -0.2) is 0 Å². The molecule has 0 N–H and O–H groups in total. The standard InChI is InChI=1S/C17H26N4O2/c1-2-16(22)21-10-4-6-14(21)13-5-3-9-20(13)11-15-18-17(19-23-15)12-7-8-12/h12-14H,2-11H2,1H3. The Morgan fingerprint density at radius 1 is 1.17 bits per heavy atom. The van der Waals surface area contributed by atoms with Gasteiger partial charge in [0.25, 0.3) is 0 Å². The smallest absolute Gasteiger partial charge is 0.240 e. The lowest BCUT2D eigenvalue weighted by Crippen LogP contribution is -2.47. The van der Waals surface area contributed by atoms with Crippen molar-refractivity contribution in [3.63, 3.8) is 0 Å². The lowest BCUT2D eigenvalue weighted by atomic mass is 10.0. The molecule has 126 valence electrons. The molecular formula is C17H26N4O2. The minimum absolute atomic E-state index is 0.299. The lowest BCUT2D eigenvalue weighted by molar-refractivity contribution is -0.132. The molecule has 1 amide bonds. The summed E-state index contributed by atoms with van der Waals surface area (Å²) in [5, 5.41) is 4.12. The van der Waals surface area contributed by atoms with E-state index in [0.29, 0.717) is 30.3 Å². The number of carbonyl (C=O) groups is 1. The van der Waals surface area contributed by atoms with E-state index in [4.69, 9.17) is 4.52 Å². The molecule has 2 atom stereocenters. The predicted octanol–water partition coefficient (Wildman–Crippen LogP) is 2.31. The van der Waals surface area contributed by atoms with Gasteiger partial charge in [-0.05, 0) is 45.1 Å². The molecule has 3 aliphatic rings. The molecule has 3 fully saturated rings. The van der Waals surface area contributed by atoms with Gasteiger partial charge in [0.1, 0.15) is 0 Å². The van der Waals surface area contributed by atoms with Crippen molar-refractivity contribution in [3.8, 4) is 0 Å². The van der Waals surface area contributed by atoms with Gasteiger partial charge in [0.15, 0.2) is 5.82 Å². The number of carbonyl (C=O) groups excluding carboxylic acids is 1. The largest absolute Gasteiger partial charge is 0.338 e. The molecular weight excluding hydrogens is 292 g/mol. The zero-order valence-corrected chi connectivity index (χ0v) is 13.9. The molecule has 6 heteroatoms. The number of aromatic nitrogens is 2. The summed E-state index contributed by atoms with van der Waals surface area (Å²) in [6.45, 7) is 4.68. The topological polar surface area (TPSA) is 62.5 Å². The van der Waals surface area contributed by atoms with Crippen molar-refractivity contribution in [3.05, 3.63) is 11.7 Å². The molecule has 23 heavy (non-hydrogen) atoms. The van der Waals surface area contributed by atoms with Crippen LogP contribution in [0.25, 0.3) is 0 Å². The number of likely N-dealkylation sites (tertiary alicyclic amines) is 2. The molecule has 1 saturated carbocycles. The minimum Gasteiger partial charge on any atom is -0.338 e. The average molecular weight is 318 g/mol. The van der Waals surface area contributed by atoms with E-state index < -0.39 is 0 Å². The Balaban J connectivity index is 1.44. The van der Waals surface area contributed by atoms with Crippen LogP contribution in [-0.2, 0) is 11.3 Å². The number of nitrogens with zero attached hydrogens (tertiary/aromatic N) is 4. The van der Waals surface area contributed by atoms with Crippen molar-refractivity contribution in [1.82, 2.24) is 19.9 Å². The highest BCUT2D eigenvalue weighted by atomic mass is 16.5. The fourth-order valence-corrected chi connectivity index (χ4v) is 4.20. The Kier molecular flexibility index (Phi) is 4.09. The summed E-state index contributed by atoms with van der Waals surface area (Å²) in [7, 11) is 0. The maximum absolute atomic E-state index is 12.2. The van der Waals surface area contributed by atoms with Crippen molar-refractivity contribution in [2.75, 3.05) is 13.1 Å². The molecule has 2 unspecified atom stereocenters. The van der Waals surface area contributed by atoms with E-state index in [1.807, 2.05) is 6.92 Å². The van der Waals surface area contributed by atoms with Gasteiger partial charge in [0.05, 0.1) is 6.54 Å². The van der Waals surface area contributed by atoms with Gasteiger partial charge in [0.2, 0.25) is 11.8 Å². The Labute approximate surface area is 137 Å². The molecule has 6 nitrogen and oxygen atoms in total. The van der Waals surface area contributed by atoms with E-state index in [-0.39, 0.29) is 0 Å². The Morgan fingerprint density at radius 2 is 1.96 bits per heavy atom. The second-order valence-corrected chi connectivity index (χ2v) is 7.15. The summed E-state index contributed by atoms with van der Waals surface area (Å²) in [6, 6.07) is 0.819. The number of hydrogen-bond donors (Lipinski definition) is 0. The van der Waals surface area contributed by atoms with E-state index in [1.54, 1.807) is 0 Å². The van der Waals surface area contributed by atoms with Crippen LogP contribution in [0.3, 0.4) is 0 Å². The molecule has 2 aliphatic heterocycles. The van der Waals surface area contributed by atoms with Gasteiger partial charge in [-0.3, -0.25) is 9.69 Å². The summed E-state index contributed by atoms with van der Waals surface area (Å²) in [6.07, 6.45) is 7.62. The van der Waals surface area contributed by atoms with Crippen LogP contribution in [0.2, 0.25) is 0 Å². The SMILES string of the molecule is CCC(=O)N1CCCC1C1CCCN1Cc1nc(C2CC2)no1. The first-order valence-corrected chi connectivity index (χ1v) is 9.12. The highest BCUT2D eigenvalue weighted by molar-refractivity contribution is 5.76. The molecule has 1 aromatic rings. The quantitative estimate of drug-likeness (QED) is 0.833. The highest BCUT2D eigenvalue weighted by Gasteiger charge is 2.39. The van der Waals surface area contributed by atoms with Crippen LogP contribution in [0.15, 0.2) is 4.52 Å². The monoisotopic (exact) mass is 318 g/mol. The summed E-state index contributed by atoms with van der Waals surface area (Å²) in [4.78, 5) is 21.3. The van der Waals surface area contributed by atoms with Crippen molar-refractivity contribution in [2.24, 2.45) is 0 Å². The number of hydrogen-bond acceptors (Lipinski definition) is 5. The van der Waals surface area contributed by atoms with Gasteiger partial charge in [-0.1, -0.05) is 12.1 Å². The normalized spacial score (nSPS) is 28.7. The maximum Gasteiger partial charge on any atom is 0.240 e. The third kappa shape index (κ3) is 3.01. The third-order valence-corrected chi connectivity index (χ3v) is 5.55. The molecule has 0 aromatic carbocycles. The molecule has 3 heterocycles. The van der Waals surface area contributed by atoms with Gasteiger partial charge in [-0.15, -0.1) is 0 Å². The number of amides is 1. The van der Waals surface area contributed by atoms with Gasteiger partial charge in [0, 0.05) is 31.0 Å². The van der Waals surface area contributed by atoms with Crippen LogP contribution >= 0.6 is 0 Å². The minimum atomic E-state index is 0.299. The van der Waals surface area contributed by atoms with Crippen molar-refractivity contribution in [1.29, 1.82) is 0 Å². The molecule has 0 bridgehead atoms. The van der Waals surface area contributed by atoms with Gasteiger partial charge >= 0.3 is 0 Å². The van der Waals surface area contributed by atoms with Crippen LogP contribution in [-0.4, -0.2) is 51.0 Å². The second-order valence-electron chi connectivity index (χ2n) is 7.15. The second kappa shape index (κ2) is 6.23. The van der Waals surface area contributed by atoms with Gasteiger partial charge < -0.3 is 9.42 Å². The summed E-state index contributed by atoms with van der Waals surface area (Å²) < 4.78 is 5.45. The predicted molar refractivity (Wildman–Crippen MR) is 84.7 cm³/mol. The Bertz CT molecular complexity index is 569. The third-order valence-electron chi connectivity index (χ3n) is 5.55. The molecule has 1 aliphatic carbocycles. The van der Waals surface area contributed by atoms with Crippen molar-refractivity contribution < 1.29 is 9.32 Å². The first-order chi connectivity index (χ1) is 11.3. The molecule has 0 radical (unpaired) electrons. The Morgan fingerprint density at radius 3 is 2.74 bits per heavy atom. The van der Waals surface area contributed by atoms with Crippen molar-refractivity contribution >= 4 is 5.91 Å². The zero-order valence-electron chi connectivity index (χ0n) is 13.9. The van der Waals surface area contributed by atoms with Crippen LogP contribution in [0.4, 0.5) is 0 Å². The van der Waals surface area contributed by atoms with Gasteiger partial charge in [-0.2, -0.15) is 4.98 Å². The zero-order chi connectivity index (χ0) is 15.8. The maximum atomic E-state index is 12.2. The van der Waals surface area contributed by atoms with E-state index in [1.165, 1.54) is 25.7 Å². The van der Waals surface area contributed by atoms with E-state index >= 15 is 0 Å². The molecule has 1 aromatic heterocycles. The van der Waals surface area contributed by atoms with Crippen molar-refractivity contribution in [2.45, 2.75) is 76.4 Å². The van der Waals surface area contributed by atoms with Crippen LogP contribution in [0.5, 0.6) is 0 Å². The average Bonchev–Trinajstić information content (AvgIpc) is 2.97. The first kappa shape index (κ1) is 15.1. The van der Waals surface area contributed by atoms with Crippen LogP contribution < -0.4 is 0 Å².